The fourth-order valence-electron chi connectivity index (χ4n) is 1.37. The van der Waals surface area contributed by atoms with Gasteiger partial charge in [0.15, 0.2) is 0 Å². The minimum Gasteiger partial charge on any atom is -0.421 e. The predicted molar refractivity (Wildman–Crippen MR) is 58.8 cm³/mol. The van der Waals surface area contributed by atoms with Gasteiger partial charge in [0.2, 0.25) is 5.89 Å². The molecule has 0 fully saturated rings. The highest BCUT2D eigenvalue weighted by Gasteiger charge is 2.15. The highest BCUT2D eigenvalue weighted by molar-refractivity contribution is 6.17. The van der Waals surface area contributed by atoms with Crippen molar-refractivity contribution in [2.45, 2.75) is 13.3 Å². The van der Waals surface area contributed by atoms with Crippen molar-refractivity contribution in [3.8, 4) is 11.5 Å². The van der Waals surface area contributed by atoms with Crippen LogP contribution in [0, 0.1) is 18.6 Å². The second-order valence-corrected chi connectivity index (χ2v) is 3.90. The van der Waals surface area contributed by atoms with Crippen molar-refractivity contribution in [3.63, 3.8) is 0 Å². The van der Waals surface area contributed by atoms with E-state index in [2.05, 4.69) is 10.2 Å². The number of halogens is 3. The summed E-state index contributed by atoms with van der Waals surface area (Å²) in [6.45, 7) is 1.54. The van der Waals surface area contributed by atoms with Gasteiger partial charge >= 0.3 is 0 Å². The molecule has 17 heavy (non-hydrogen) atoms. The Morgan fingerprint density at radius 1 is 1.24 bits per heavy atom. The molecule has 0 N–H and O–H groups in total. The van der Waals surface area contributed by atoms with Crippen LogP contribution >= 0.6 is 11.6 Å². The molecule has 1 aromatic heterocycles. The topological polar surface area (TPSA) is 38.9 Å². The SMILES string of the molecule is Cc1cc(-c2nnc(CCCl)o2)c(F)cc1F. The predicted octanol–water partition coefficient (Wildman–Crippen LogP) is 3.10. The smallest absolute Gasteiger partial charge is 0.250 e. The van der Waals surface area contributed by atoms with Gasteiger partial charge in [-0.05, 0) is 18.6 Å². The highest BCUT2D eigenvalue weighted by atomic mass is 35.5. The molecule has 0 spiro atoms. The van der Waals surface area contributed by atoms with Gasteiger partial charge in [0, 0.05) is 18.4 Å². The fraction of sp³-hybridized carbons (Fsp3) is 0.273. The van der Waals surface area contributed by atoms with Gasteiger partial charge < -0.3 is 4.42 Å². The molecule has 0 saturated carbocycles. The summed E-state index contributed by atoms with van der Waals surface area (Å²) in [5, 5.41) is 7.41. The molecule has 1 heterocycles. The first kappa shape index (κ1) is 12.0. The Morgan fingerprint density at radius 2 is 2.00 bits per heavy atom. The van der Waals surface area contributed by atoms with Crippen LogP contribution in [0.15, 0.2) is 16.5 Å². The van der Waals surface area contributed by atoms with Crippen molar-refractivity contribution < 1.29 is 13.2 Å². The van der Waals surface area contributed by atoms with Crippen LogP contribution in [-0.2, 0) is 6.42 Å². The molecule has 3 nitrogen and oxygen atoms in total. The number of hydrogen-bond donors (Lipinski definition) is 0. The number of rotatable bonds is 3. The summed E-state index contributed by atoms with van der Waals surface area (Å²) in [5.74, 6) is -0.630. The Balaban J connectivity index is 2.41. The minimum absolute atomic E-state index is 0.0331. The number of hydrogen-bond acceptors (Lipinski definition) is 3. The van der Waals surface area contributed by atoms with Gasteiger partial charge in [0.05, 0.1) is 5.56 Å². The number of aryl methyl sites for hydroxylation is 2. The Bertz CT molecular complexity index is 542. The molecule has 6 heteroatoms. The molecule has 0 aliphatic rings. The van der Waals surface area contributed by atoms with Crippen molar-refractivity contribution in [2.24, 2.45) is 0 Å². The largest absolute Gasteiger partial charge is 0.421 e. The monoisotopic (exact) mass is 258 g/mol. The van der Waals surface area contributed by atoms with E-state index in [1.807, 2.05) is 0 Å². The Hall–Kier alpha value is -1.49. The molecule has 0 aliphatic carbocycles. The van der Waals surface area contributed by atoms with Crippen LogP contribution in [0.5, 0.6) is 0 Å². The van der Waals surface area contributed by atoms with Gasteiger partial charge in [-0.1, -0.05) is 0 Å². The fourth-order valence-corrected chi connectivity index (χ4v) is 1.53. The molecular formula is C11H9ClF2N2O. The third-order valence-corrected chi connectivity index (χ3v) is 2.44. The maximum Gasteiger partial charge on any atom is 0.250 e. The third-order valence-electron chi connectivity index (χ3n) is 2.25. The Morgan fingerprint density at radius 3 is 2.71 bits per heavy atom. The molecule has 0 bridgehead atoms. The van der Waals surface area contributed by atoms with E-state index in [-0.39, 0.29) is 11.5 Å². The molecule has 90 valence electrons. The van der Waals surface area contributed by atoms with Crippen LogP contribution in [0.3, 0.4) is 0 Å². The van der Waals surface area contributed by atoms with Crippen LogP contribution in [0.4, 0.5) is 8.78 Å². The van der Waals surface area contributed by atoms with E-state index in [1.54, 1.807) is 0 Å². The lowest BCUT2D eigenvalue weighted by Gasteiger charge is -2.01. The second-order valence-electron chi connectivity index (χ2n) is 3.52. The summed E-state index contributed by atoms with van der Waals surface area (Å²) in [7, 11) is 0. The Labute approximate surface area is 101 Å². The van der Waals surface area contributed by atoms with E-state index >= 15 is 0 Å². The zero-order chi connectivity index (χ0) is 12.4. The maximum atomic E-state index is 13.5. The summed E-state index contributed by atoms with van der Waals surface area (Å²) >= 11 is 5.52. The number of nitrogens with zero attached hydrogens (tertiary/aromatic N) is 2. The molecule has 1 aromatic carbocycles. The standard InChI is InChI=1S/C11H9ClF2N2O/c1-6-4-7(9(14)5-8(6)13)11-16-15-10(17-11)2-3-12/h4-5H,2-3H2,1H3. The van der Waals surface area contributed by atoms with E-state index in [0.29, 0.717) is 23.8 Å². The Kier molecular flexibility index (Phi) is 3.38. The summed E-state index contributed by atoms with van der Waals surface area (Å²) in [6, 6.07) is 2.14. The van der Waals surface area contributed by atoms with E-state index in [9.17, 15) is 8.78 Å². The summed E-state index contributed by atoms with van der Waals surface area (Å²) in [4.78, 5) is 0. The lowest BCUT2D eigenvalue weighted by molar-refractivity contribution is 0.507. The van der Waals surface area contributed by atoms with Gasteiger partial charge in [0.25, 0.3) is 5.89 Å². The van der Waals surface area contributed by atoms with Crippen molar-refractivity contribution in [2.75, 3.05) is 5.88 Å². The van der Waals surface area contributed by atoms with Crippen molar-refractivity contribution in [1.29, 1.82) is 0 Å². The maximum absolute atomic E-state index is 13.5. The van der Waals surface area contributed by atoms with Crippen LogP contribution in [0.1, 0.15) is 11.5 Å². The number of alkyl halides is 1. The molecular weight excluding hydrogens is 250 g/mol. The zero-order valence-corrected chi connectivity index (χ0v) is 9.76. The second kappa shape index (κ2) is 4.79. The van der Waals surface area contributed by atoms with Crippen molar-refractivity contribution >= 4 is 11.6 Å². The van der Waals surface area contributed by atoms with Crippen molar-refractivity contribution in [1.82, 2.24) is 10.2 Å². The van der Waals surface area contributed by atoms with E-state index < -0.39 is 11.6 Å². The normalized spacial score (nSPS) is 10.8. The molecule has 2 rings (SSSR count). The molecule has 0 atom stereocenters. The van der Waals surface area contributed by atoms with Gasteiger partial charge in [-0.15, -0.1) is 21.8 Å². The molecule has 0 unspecified atom stereocenters. The first-order valence-electron chi connectivity index (χ1n) is 4.96. The molecule has 0 amide bonds. The van der Waals surface area contributed by atoms with Gasteiger partial charge in [0.1, 0.15) is 11.6 Å². The summed E-state index contributed by atoms with van der Waals surface area (Å²) in [5.41, 5.74) is 0.413. The van der Waals surface area contributed by atoms with Crippen molar-refractivity contribution in [3.05, 3.63) is 35.2 Å². The zero-order valence-electron chi connectivity index (χ0n) is 9.01. The average Bonchev–Trinajstić information content (AvgIpc) is 2.72. The quantitative estimate of drug-likeness (QED) is 0.794. The van der Waals surface area contributed by atoms with Crippen LogP contribution in [0.2, 0.25) is 0 Å². The summed E-state index contributed by atoms with van der Waals surface area (Å²) in [6.07, 6.45) is 0.413. The molecule has 2 aromatic rings. The van der Waals surface area contributed by atoms with Crippen LogP contribution in [0.25, 0.3) is 11.5 Å². The third kappa shape index (κ3) is 2.44. The molecule has 0 radical (unpaired) electrons. The molecule has 0 saturated heterocycles. The summed E-state index contributed by atoms with van der Waals surface area (Å²) < 4.78 is 31.8. The lowest BCUT2D eigenvalue weighted by atomic mass is 10.1. The van der Waals surface area contributed by atoms with E-state index in [0.717, 1.165) is 6.07 Å². The van der Waals surface area contributed by atoms with Crippen LogP contribution < -0.4 is 0 Å². The minimum atomic E-state index is -0.728. The van der Waals surface area contributed by atoms with Gasteiger partial charge in [-0.25, -0.2) is 8.78 Å². The van der Waals surface area contributed by atoms with E-state index in [1.165, 1.54) is 13.0 Å². The van der Waals surface area contributed by atoms with E-state index in [4.69, 9.17) is 16.0 Å². The van der Waals surface area contributed by atoms with Gasteiger partial charge in [-0.2, -0.15) is 0 Å². The number of benzene rings is 1. The highest BCUT2D eigenvalue weighted by Crippen LogP contribution is 2.24. The lowest BCUT2D eigenvalue weighted by Crippen LogP contribution is -1.90. The molecule has 0 aliphatic heterocycles. The first-order chi connectivity index (χ1) is 8.11. The number of aromatic nitrogens is 2. The first-order valence-corrected chi connectivity index (χ1v) is 5.49. The van der Waals surface area contributed by atoms with Crippen LogP contribution in [-0.4, -0.2) is 16.1 Å². The average molecular weight is 259 g/mol. The van der Waals surface area contributed by atoms with Gasteiger partial charge in [-0.3, -0.25) is 0 Å².